The minimum atomic E-state index is -4.64. The van der Waals surface area contributed by atoms with Crippen molar-refractivity contribution < 1.29 is 40.4 Å². The van der Waals surface area contributed by atoms with Crippen LogP contribution in [0.1, 0.15) is 57.1 Å². The van der Waals surface area contributed by atoms with Crippen molar-refractivity contribution in [3.05, 3.63) is 28.8 Å². The van der Waals surface area contributed by atoms with Crippen LogP contribution in [0.2, 0.25) is 0 Å². The van der Waals surface area contributed by atoms with Crippen LogP contribution in [0.5, 0.6) is 11.5 Å². The van der Waals surface area contributed by atoms with Crippen LogP contribution in [0.3, 0.4) is 0 Å². The molecule has 7 nitrogen and oxygen atoms in total. The van der Waals surface area contributed by atoms with Gasteiger partial charge in [0, 0.05) is 17.8 Å². The molecular formula is C23H26F3NO6S. The second kappa shape index (κ2) is 7.36. The number of benzene rings is 1. The highest BCUT2D eigenvalue weighted by molar-refractivity contribution is 7.85. The minimum Gasteiger partial charge on any atom is -0.480 e. The fraction of sp³-hybridized carbons (Fsp3) is 0.609. The lowest BCUT2D eigenvalue weighted by Crippen LogP contribution is -2.41. The zero-order valence-corrected chi connectivity index (χ0v) is 19.6. The summed E-state index contributed by atoms with van der Waals surface area (Å²) < 4.78 is 74.5. The van der Waals surface area contributed by atoms with Gasteiger partial charge in [0.2, 0.25) is 5.91 Å². The molecule has 0 heterocycles. The second-order valence-corrected chi connectivity index (χ2v) is 11.3. The summed E-state index contributed by atoms with van der Waals surface area (Å²) in [6.45, 7) is 1.50. The summed E-state index contributed by atoms with van der Waals surface area (Å²) in [5.74, 6) is -1.23. The van der Waals surface area contributed by atoms with Crippen molar-refractivity contribution in [2.45, 2.75) is 64.7 Å². The summed E-state index contributed by atoms with van der Waals surface area (Å²) in [5, 5.41) is 10.7. The van der Waals surface area contributed by atoms with Gasteiger partial charge in [0.25, 0.3) is 0 Å². The Hall–Kier alpha value is -2.27. The third kappa shape index (κ3) is 3.59. The molecule has 5 rings (SSSR count). The molecule has 186 valence electrons. The van der Waals surface area contributed by atoms with E-state index in [1.807, 2.05) is 0 Å². The van der Waals surface area contributed by atoms with Gasteiger partial charge in [-0.2, -0.15) is 21.6 Å². The van der Waals surface area contributed by atoms with Crippen LogP contribution in [0.25, 0.3) is 5.57 Å². The van der Waals surface area contributed by atoms with Crippen molar-refractivity contribution in [1.82, 2.24) is 4.72 Å². The molecule has 2 fully saturated rings. The molecule has 1 spiro atoms. The Morgan fingerprint density at radius 2 is 1.97 bits per heavy atom. The molecule has 4 aliphatic rings. The first-order valence-electron chi connectivity index (χ1n) is 11.3. The molecule has 1 aromatic rings. The Bertz CT molecular complexity index is 1210. The van der Waals surface area contributed by atoms with E-state index < -0.39 is 34.7 Å². The summed E-state index contributed by atoms with van der Waals surface area (Å²) in [6, 6.07) is 2.82. The molecule has 0 aromatic heterocycles. The van der Waals surface area contributed by atoms with E-state index in [4.69, 9.17) is 8.92 Å². The molecular weight excluding hydrogens is 475 g/mol. The summed E-state index contributed by atoms with van der Waals surface area (Å²) in [4.78, 5) is 11.2. The van der Waals surface area contributed by atoms with Gasteiger partial charge in [-0.15, -0.1) is 0 Å². The van der Waals surface area contributed by atoms with Gasteiger partial charge in [0.05, 0.1) is 6.10 Å². The number of fused-ring (bicyclic) bond motifs is 2. The maximum absolute atomic E-state index is 12.9. The number of halogens is 3. The van der Waals surface area contributed by atoms with Crippen LogP contribution in [-0.4, -0.2) is 38.3 Å². The average Bonchev–Trinajstić information content (AvgIpc) is 3.36. The first-order valence-corrected chi connectivity index (χ1v) is 12.7. The summed E-state index contributed by atoms with van der Waals surface area (Å²) in [5.41, 5.74) is 3.57. The molecule has 11 heteroatoms. The lowest BCUT2D eigenvalue weighted by molar-refractivity contribution is -0.153. The number of aryl methyl sites for hydroxylation is 1. The number of nitrogens with one attached hydrogen (secondary N) is 1. The molecule has 0 bridgehead atoms. The van der Waals surface area contributed by atoms with Gasteiger partial charge in [-0.1, -0.05) is 12.5 Å². The molecule has 0 unspecified atom stereocenters. The Balaban J connectivity index is 1.57. The summed E-state index contributed by atoms with van der Waals surface area (Å²) in [7, 11) is -4.59. The van der Waals surface area contributed by atoms with Gasteiger partial charge in [-0.3, -0.25) is 4.79 Å². The molecule has 34 heavy (non-hydrogen) atoms. The molecule has 2 N–H and O–H groups in total. The number of aliphatic hydroxyl groups excluding tert-OH is 1. The maximum atomic E-state index is 12.9. The summed E-state index contributed by atoms with van der Waals surface area (Å²) in [6.07, 6.45) is -0.462. The number of rotatable bonds is 5. The van der Waals surface area contributed by atoms with Crippen molar-refractivity contribution in [3.63, 3.8) is 0 Å². The van der Waals surface area contributed by atoms with Crippen molar-refractivity contribution in [2.75, 3.05) is 6.61 Å². The number of amides is 1. The predicted octanol–water partition coefficient (Wildman–Crippen LogP) is 3.66. The fourth-order valence-electron chi connectivity index (χ4n) is 6.72. The highest BCUT2D eigenvalue weighted by Gasteiger charge is 2.74. The minimum absolute atomic E-state index is 0.0609. The van der Waals surface area contributed by atoms with Crippen molar-refractivity contribution in [2.24, 2.45) is 16.7 Å². The Labute approximate surface area is 195 Å². The van der Waals surface area contributed by atoms with Crippen molar-refractivity contribution in [3.8, 4) is 11.5 Å². The zero-order valence-electron chi connectivity index (χ0n) is 18.8. The molecule has 0 radical (unpaired) electrons. The van der Waals surface area contributed by atoms with Gasteiger partial charge in [0.15, 0.2) is 18.1 Å². The van der Waals surface area contributed by atoms with Gasteiger partial charge in [0.1, 0.15) is 0 Å². The monoisotopic (exact) mass is 501 g/mol. The highest BCUT2D eigenvalue weighted by Crippen LogP contribution is 2.80. The third-order valence-electron chi connectivity index (χ3n) is 8.16. The van der Waals surface area contributed by atoms with Crippen LogP contribution in [0.4, 0.5) is 13.2 Å². The molecule has 4 atom stereocenters. The molecule has 2 saturated carbocycles. The number of hydrogen-bond acceptors (Lipinski definition) is 6. The number of allylic oxidation sites excluding steroid dienone is 2. The Kier molecular flexibility index (Phi) is 5.08. The van der Waals surface area contributed by atoms with Crippen LogP contribution < -0.4 is 13.6 Å². The first kappa shape index (κ1) is 23.5. The van der Waals surface area contributed by atoms with Gasteiger partial charge in [-0.05, 0) is 73.3 Å². The Morgan fingerprint density at radius 3 is 2.65 bits per heavy atom. The van der Waals surface area contributed by atoms with Crippen molar-refractivity contribution >= 4 is 21.8 Å². The largest absolute Gasteiger partial charge is 0.480 e. The number of carbonyl (C=O) groups excluding carboxylic acids is 1. The number of alkyl halides is 3. The second-order valence-electron chi connectivity index (χ2n) is 10.1. The quantitative estimate of drug-likeness (QED) is 0.639. The zero-order chi connectivity index (χ0) is 24.7. The van der Waals surface area contributed by atoms with Crippen LogP contribution in [-0.2, 0) is 21.5 Å². The Morgan fingerprint density at radius 1 is 1.24 bits per heavy atom. The van der Waals surface area contributed by atoms with Crippen LogP contribution in [0, 0.1) is 16.7 Å². The normalized spacial score (nSPS) is 31.7. The lowest BCUT2D eigenvalue weighted by Gasteiger charge is -2.46. The van der Waals surface area contributed by atoms with Crippen molar-refractivity contribution in [1.29, 1.82) is 0 Å². The fourth-order valence-corrected chi connectivity index (χ4v) is 7.48. The number of ether oxygens (including phenoxy) is 1. The molecule has 0 saturated heterocycles. The summed E-state index contributed by atoms with van der Waals surface area (Å²) >= 11 is 0. The van der Waals surface area contributed by atoms with E-state index >= 15 is 0 Å². The maximum Gasteiger partial charge on any atom is 0.422 e. The smallest absolute Gasteiger partial charge is 0.422 e. The lowest BCUT2D eigenvalue weighted by atomic mass is 9.59. The van der Waals surface area contributed by atoms with Gasteiger partial charge >= 0.3 is 16.5 Å². The average molecular weight is 502 g/mol. The molecule has 4 aliphatic carbocycles. The van der Waals surface area contributed by atoms with E-state index in [0.717, 1.165) is 49.3 Å². The van der Waals surface area contributed by atoms with Gasteiger partial charge < -0.3 is 14.0 Å². The van der Waals surface area contributed by atoms with Gasteiger partial charge in [-0.25, -0.2) is 4.72 Å². The molecule has 0 aliphatic heterocycles. The van der Waals surface area contributed by atoms with E-state index in [0.29, 0.717) is 18.8 Å². The standard InChI is InChI=1S/C23H26F3NO6S/c1-12(28)27-34(30,31)33-19-7-13-3-4-17-15(16(13)9-18(19)32-11-23(24,25)26)5-6-21(2)20(29)8-14-10-22(14,17)21/h7,9,14,20,29H,3-6,8,10-11H2,1-2H3,(H,27,28)/t14-,20+,21-,22+/m1/s1. The van der Waals surface area contributed by atoms with Crippen LogP contribution in [0.15, 0.2) is 17.7 Å². The highest BCUT2D eigenvalue weighted by atomic mass is 32.2. The predicted molar refractivity (Wildman–Crippen MR) is 115 cm³/mol. The number of hydrogen-bond donors (Lipinski definition) is 2. The SMILES string of the molecule is CC(=O)NS(=O)(=O)Oc1cc2c(cc1OCC(F)(F)F)C1=C(CC2)[C@]23C[C@H]2C[C@H](O)[C@@]3(C)CC1. The molecule has 1 aromatic carbocycles. The number of aliphatic hydroxyl groups is 1. The first-order chi connectivity index (χ1) is 15.8. The van der Waals surface area contributed by atoms with E-state index in [9.17, 15) is 31.5 Å². The van der Waals surface area contributed by atoms with E-state index in [2.05, 4.69) is 6.92 Å². The topological polar surface area (TPSA) is 102 Å². The third-order valence-corrected chi connectivity index (χ3v) is 9.10. The number of carbonyl (C=O) groups is 1. The van der Waals surface area contributed by atoms with E-state index in [1.165, 1.54) is 17.7 Å². The van der Waals surface area contributed by atoms with Crippen LogP contribution >= 0.6 is 0 Å². The van der Waals surface area contributed by atoms with E-state index in [-0.39, 0.29) is 22.7 Å². The molecule has 1 amide bonds. The van der Waals surface area contributed by atoms with E-state index in [1.54, 1.807) is 4.72 Å².